The van der Waals surface area contributed by atoms with Gasteiger partial charge in [-0.05, 0) is 57.0 Å². The number of carbonyl (C=O) groups is 2. The van der Waals surface area contributed by atoms with Gasteiger partial charge in [0.15, 0.2) is 5.16 Å². The summed E-state index contributed by atoms with van der Waals surface area (Å²) in [5, 5.41) is 0.778. The Morgan fingerprint density at radius 1 is 1.06 bits per heavy atom. The summed E-state index contributed by atoms with van der Waals surface area (Å²) in [6, 6.07) is 14.1. The highest BCUT2D eigenvalue weighted by Gasteiger charge is 2.24. The molecule has 0 saturated carbocycles. The van der Waals surface area contributed by atoms with Gasteiger partial charge in [0.1, 0.15) is 0 Å². The molecule has 2 atom stereocenters. The first-order valence-corrected chi connectivity index (χ1v) is 12.4. The molecular formula is C26H31N3O4S. The molecule has 3 rings (SSSR count). The Balaban J connectivity index is 2.07. The first-order chi connectivity index (χ1) is 16.3. The summed E-state index contributed by atoms with van der Waals surface area (Å²) in [6.45, 7) is 8.24. The molecule has 180 valence electrons. The van der Waals surface area contributed by atoms with Gasteiger partial charge < -0.3 is 9.64 Å². The fourth-order valence-corrected chi connectivity index (χ4v) is 4.71. The van der Waals surface area contributed by atoms with Crippen LogP contribution in [-0.2, 0) is 9.53 Å². The maximum absolute atomic E-state index is 13.5. The van der Waals surface area contributed by atoms with Crippen molar-refractivity contribution in [3.05, 3.63) is 64.4 Å². The third kappa shape index (κ3) is 5.33. The molecule has 0 fully saturated rings. The molecule has 3 aromatic rings. The lowest BCUT2D eigenvalue weighted by atomic mass is 10.1. The SMILES string of the molecule is CC[C@H](C)N(C(=O)CSc1nc2cc(C(=O)OC)ccc2c(=O)n1-c1ccccc1)[C@@H](C)CC. The number of ether oxygens (including phenoxy) is 1. The summed E-state index contributed by atoms with van der Waals surface area (Å²) in [5.74, 6) is -0.347. The van der Waals surface area contributed by atoms with Crippen LogP contribution >= 0.6 is 11.8 Å². The summed E-state index contributed by atoms with van der Waals surface area (Å²) < 4.78 is 6.33. The normalized spacial score (nSPS) is 12.9. The lowest BCUT2D eigenvalue weighted by molar-refractivity contribution is -0.132. The Bertz CT molecular complexity index is 1220. The number of hydrogen-bond acceptors (Lipinski definition) is 6. The van der Waals surface area contributed by atoms with Crippen molar-refractivity contribution in [1.29, 1.82) is 0 Å². The average Bonchev–Trinajstić information content (AvgIpc) is 2.86. The van der Waals surface area contributed by atoms with E-state index >= 15 is 0 Å². The second-order valence-electron chi connectivity index (χ2n) is 8.20. The molecule has 1 aromatic heterocycles. The molecule has 0 unspecified atom stereocenters. The first-order valence-electron chi connectivity index (χ1n) is 11.5. The van der Waals surface area contributed by atoms with E-state index in [4.69, 9.17) is 9.72 Å². The Morgan fingerprint density at radius 3 is 2.29 bits per heavy atom. The molecule has 0 aliphatic heterocycles. The van der Waals surface area contributed by atoms with Crippen LogP contribution in [0.15, 0.2) is 58.5 Å². The number of para-hydroxylation sites is 1. The smallest absolute Gasteiger partial charge is 0.337 e. The van der Waals surface area contributed by atoms with E-state index in [-0.39, 0.29) is 29.3 Å². The van der Waals surface area contributed by atoms with E-state index in [0.29, 0.717) is 27.3 Å². The highest BCUT2D eigenvalue weighted by Crippen LogP contribution is 2.24. The van der Waals surface area contributed by atoms with Crippen LogP contribution in [0.3, 0.4) is 0 Å². The van der Waals surface area contributed by atoms with Crippen LogP contribution in [0, 0.1) is 0 Å². The van der Waals surface area contributed by atoms with Gasteiger partial charge >= 0.3 is 5.97 Å². The molecule has 34 heavy (non-hydrogen) atoms. The highest BCUT2D eigenvalue weighted by molar-refractivity contribution is 7.99. The summed E-state index contributed by atoms with van der Waals surface area (Å²) in [4.78, 5) is 45.3. The van der Waals surface area contributed by atoms with Crippen LogP contribution < -0.4 is 5.56 Å². The summed E-state index contributed by atoms with van der Waals surface area (Å²) >= 11 is 1.23. The minimum atomic E-state index is -0.502. The van der Waals surface area contributed by atoms with E-state index in [1.807, 2.05) is 35.2 Å². The monoisotopic (exact) mass is 481 g/mol. The van der Waals surface area contributed by atoms with Gasteiger partial charge in [-0.25, -0.2) is 9.78 Å². The van der Waals surface area contributed by atoms with E-state index in [2.05, 4.69) is 27.7 Å². The van der Waals surface area contributed by atoms with Crippen LogP contribution in [0.25, 0.3) is 16.6 Å². The van der Waals surface area contributed by atoms with E-state index in [1.165, 1.54) is 23.4 Å². The van der Waals surface area contributed by atoms with Crippen LogP contribution in [0.4, 0.5) is 0 Å². The molecule has 0 saturated heterocycles. The third-order valence-corrected chi connectivity index (χ3v) is 6.94. The van der Waals surface area contributed by atoms with Gasteiger partial charge in [0.2, 0.25) is 5.91 Å². The number of fused-ring (bicyclic) bond motifs is 1. The molecular weight excluding hydrogens is 450 g/mol. The predicted octanol–water partition coefficient (Wildman–Crippen LogP) is 4.69. The number of aromatic nitrogens is 2. The van der Waals surface area contributed by atoms with Gasteiger partial charge in [-0.2, -0.15) is 0 Å². The highest BCUT2D eigenvalue weighted by atomic mass is 32.2. The molecule has 0 radical (unpaired) electrons. The maximum atomic E-state index is 13.5. The molecule has 7 nitrogen and oxygen atoms in total. The second kappa shape index (κ2) is 11.3. The van der Waals surface area contributed by atoms with Crippen molar-refractivity contribution in [3.63, 3.8) is 0 Å². The summed E-state index contributed by atoms with van der Waals surface area (Å²) in [7, 11) is 1.31. The lowest BCUT2D eigenvalue weighted by Crippen LogP contribution is -2.45. The molecule has 0 bridgehead atoms. The van der Waals surface area contributed by atoms with Gasteiger partial charge in [-0.3, -0.25) is 14.2 Å². The van der Waals surface area contributed by atoms with Crippen molar-refractivity contribution in [1.82, 2.24) is 14.5 Å². The average molecular weight is 482 g/mol. The number of carbonyl (C=O) groups excluding carboxylic acids is 2. The van der Waals surface area contributed by atoms with Crippen molar-refractivity contribution in [2.24, 2.45) is 0 Å². The quantitative estimate of drug-likeness (QED) is 0.251. The number of esters is 1. The van der Waals surface area contributed by atoms with Gasteiger partial charge in [-0.1, -0.05) is 43.8 Å². The number of rotatable bonds is 9. The van der Waals surface area contributed by atoms with Crippen LogP contribution in [0.5, 0.6) is 0 Å². The molecule has 0 spiro atoms. The zero-order valence-corrected chi connectivity index (χ0v) is 21.1. The zero-order valence-electron chi connectivity index (χ0n) is 20.3. The number of nitrogens with zero attached hydrogens (tertiary/aromatic N) is 3. The molecule has 2 aromatic carbocycles. The number of hydrogen-bond donors (Lipinski definition) is 0. The second-order valence-corrected chi connectivity index (χ2v) is 9.14. The standard InChI is InChI=1S/C26H31N3O4S/c1-6-17(3)28(18(4)7-2)23(30)16-34-26-27-22-15-19(25(32)33-5)13-14-21(22)24(31)29(26)20-11-9-8-10-12-20/h8-15,17-18H,6-7,16H2,1-5H3/t17-,18-/m0/s1. The molecule has 0 aliphatic carbocycles. The van der Waals surface area contributed by atoms with E-state index < -0.39 is 5.97 Å². The van der Waals surface area contributed by atoms with Crippen LogP contribution in [-0.4, -0.2) is 51.3 Å². The maximum Gasteiger partial charge on any atom is 0.337 e. The van der Waals surface area contributed by atoms with Crippen molar-refractivity contribution in [2.45, 2.75) is 57.8 Å². The van der Waals surface area contributed by atoms with Crippen LogP contribution in [0.2, 0.25) is 0 Å². The topological polar surface area (TPSA) is 81.5 Å². The largest absolute Gasteiger partial charge is 0.465 e. The molecule has 0 N–H and O–H groups in total. The van der Waals surface area contributed by atoms with Crippen LogP contribution in [0.1, 0.15) is 50.9 Å². The molecule has 1 amide bonds. The Kier molecular flexibility index (Phi) is 8.50. The number of methoxy groups -OCH3 is 1. The Morgan fingerprint density at radius 2 is 1.71 bits per heavy atom. The predicted molar refractivity (Wildman–Crippen MR) is 136 cm³/mol. The minimum absolute atomic E-state index is 0.00553. The van der Waals surface area contributed by atoms with E-state index in [1.54, 1.807) is 18.2 Å². The fourth-order valence-electron chi connectivity index (χ4n) is 3.83. The first kappa shape index (κ1) is 25.5. The fraction of sp³-hybridized carbons (Fsp3) is 0.385. The molecule has 1 heterocycles. The van der Waals surface area contributed by atoms with E-state index in [9.17, 15) is 14.4 Å². The number of amides is 1. The van der Waals surface area contributed by atoms with Gasteiger partial charge in [-0.15, -0.1) is 0 Å². The molecule has 8 heteroatoms. The number of benzene rings is 2. The van der Waals surface area contributed by atoms with Gasteiger partial charge in [0, 0.05) is 12.1 Å². The Labute approximate surface area is 204 Å². The zero-order chi connectivity index (χ0) is 24.8. The summed E-state index contributed by atoms with van der Waals surface area (Å²) in [6.07, 6.45) is 1.72. The van der Waals surface area contributed by atoms with Gasteiger partial charge in [0.25, 0.3) is 5.56 Å². The van der Waals surface area contributed by atoms with Crippen molar-refractivity contribution >= 4 is 34.5 Å². The minimum Gasteiger partial charge on any atom is -0.465 e. The van der Waals surface area contributed by atoms with Crippen molar-refractivity contribution in [2.75, 3.05) is 12.9 Å². The Hall–Kier alpha value is -3.13. The van der Waals surface area contributed by atoms with E-state index in [0.717, 1.165) is 12.8 Å². The lowest BCUT2D eigenvalue weighted by Gasteiger charge is -2.34. The number of thioether (sulfide) groups is 1. The summed E-state index contributed by atoms with van der Waals surface area (Å²) in [5.41, 5.74) is 1.10. The molecule has 0 aliphatic rings. The van der Waals surface area contributed by atoms with Crippen molar-refractivity contribution < 1.29 is 14.3 Å². The van der Waals surface area contributed by atoms with Gasteiger partial charge in [0.05, 0.1) is 35.0 Å². The van der Waals surface area contributed by atoms with Crippen molar-refractivity contribution in [3.8, 4) is 5.69 Å². The third-order valence-electron chi connectivity index (χ3n) is 6.02.